The van der Waals surface area contributed by atoms with E-state index in [4.69, 9.17) is 30.3 Å². The molecule has 2 atom stereocenters. The number of fused-ring (bicyclic) bond motifs is 3. The molecular weight excluding hydrogens is 555 g/mol. The topological polar surface area (TPSA) is 114 Å². The van der Waals surface area contributed by atoms with Gasteiger partial charge in [-0.05, 0) is 49.2 Å². The Morgan fingerprint density at radius 2 is 1.98 bits per heavy atom. The lowest BCUT2D eigenvalue weighted by atomic mass is 9.95. The summed E-state index contributed by atoms with van der Waals surface area (Å²) in [4.78, 5) is 16.0. The number of hydrogen-bond acceptors (Lipinski definition) is 9. The standard InChI is InChI=1S/C26H23ClF3N5O5/c1-4-38-22(36)12-21-31-20(34-40-21)11-19-24-32-33-25(26(28,29)30)35(24)17-9-8-14(27)10-16(17)23(39-19)15-6-5-7-18(37-3)13(15)2/h5-10,19,23H,4,11-12H2,1-3H3/t19-,23-/m1/s1. The third-order valence-electron chi connectivity index (χ3n) is 6.35. The normalized spacial score (nSPS) is 16.7. The molecule has 4 aromatic rings. The van der Waals surface area contributed by atoms with Crippen LogP contribution in [0.3, 0.4) is 0 Å². The van der Waals surface area contributed by atoms with E-state index < -0.39 is 30.2 Å². The third kappa shape index (κ3) is 5.26. The van der Waals surface area contributed by atoms with Crippen LogP contribution in [0.4, 0.5) is 13.2 Å². The number of benzene rings is 2. The number of carbonyl (C=O) groups is 1. The fourth-order valence-electron chi connectivity index (χ4n) is 4.63. The first-order chi connectivity index (χ1) is 19.1. The Balaban J connectivity index is 1.65. The molecule has 10 nitrogen and oxygen atoms in total. The number of methoxy groups -OCH3 is 1. The summed E-state index contributed by atoms with van der Waals surface area (Å²) in [5, 5.41) is 11.6. The van der Waals surface area contributed by atoms with Crippen LogP contribution in [0, 0.1) is 6.92 Å². The summed E-state index contributed by atoms with van der Waals surface area (Å²) in [5.74, 6) is -1.23. The van der Waals surface area contributed by atoms with Gasteiger partial charge in [0.25, 0.3) is 0 Å². The summed E-state index contributed by atoms with van der Waals surface area (Å²) in [5.41, 5.74) is 1.90. The van der Waals surface area contributed by atoms with Crippen LogP contribution in [-0.4, -0.2) is 44.6 Å². The molecule has 2 aromatic carbocycles. The fourth-order valence-corrected chi connectivity index (χ4v) is 4.81. The highest BCUT2D eigenvalue weighted by Crippen LogP contribution is 2.45. The van der Waals surface area contributed by atoms with Crippen LogP contribution in [-0.2, 0) is 33.3 Å². The first-order valence-electron chi connectivity index (χ1n) is 12.2. The molecule has 0 saturated heterocycles. The van der Waals surface area contributed by atoms with Crippen molar-refractivity contribution >= 4 is 17.6 Å². The van der Waals surface area contributed by atoms with Crippen molar-refractivity contribution in [3.63, 3.8) is 0 Å². The minimum Gasteiger partial charge on any atom is -0.496 e. The molecule has 1 aliphatic rings. The number of rotatable bonds is 7. The second kappa shape index (κ2) is 10.9. The molecule has 0 spiro atoms. The Labute approximate surface area is 231 Å². The maximum Gasteiger partial charge on any atom is 0.452 e. The highest BCUT2D eigenvalue weighted by atomic mass is 35.5. The van der Waals surface area contributed by atoms with Gasteiger partial charge in [-0.25, -0.2) is 0 Å². The van der Waals surface area contributed by atoms with Crippen molar-refractivity contribution in [2.24, 2.45) is 0 Å². The van der Waals surface area contributed by atoms with Crippen molar-refractivity contribution in [2.75, 3.05) is 13.7 Å². The number of carbonyl (C=O) groups excluding carboxylic acids is 1. The molecule has 40 heavy (non-hydrogen) atoms. The molecule has 0 N–H and O–H groups in total. The van der Waals surface area contributed by atoms with Crippen LogP contribution >= 0.6 is 11.6 Å². The van der Waals surface area contributed by atoms with Crippen LogP contribution in [0.15, 0.2) is 40.9 Å². The van der Waals surface area contributed by atoms with Crippen molar-refractivity contribution in [2.45, 2.75) is 45.1 Å². The van der Waals surface area contributed by atoms with Crippen LogP contribution < -0.4 is 4.74 Å². The van der Waals surface area contributed by atoms with Gasteiger partial charge in [-0.2, -0.15) is 18.2 Å². The van der Waals surface area contributed by atoms with E-state index in [1.807, 2.05) is 6.92 Å². The quantitative estimate of drug-likeness (QED) is 0.275. The smallest absolute Gasteiger partial charge is 0.452 e. The Bertz CT molecular complexity index is 1550. The highest BCUT2D eigenvalue weighted by molar-refractivity contribution is 6.30. The maximum absolute atomic E-state index is 14.1. The Kier molecular flexibility index (Phi) is 7.51. The fraction of sp³-hybridized carbons (Fsp3) is 0.346. The van der Waals surface area contributed by atoms with E-state index in [9.17, 15) is 18.0 Å². The average Bonchev–Trinajstić information content (AvgIpc) is 3.51. The van der Waals surface area contributed by atoms with Crippen molar-refractivity contribution < 1.29 is 36.7 Å². The second-order valence-electron chi connectivity index (χ2n) is 8.89. The van der Waals surface area contributed by atoms with Gasteiger partial charge >= 0.3 is 12.1 Å². The van der Waals surface area contributed by atoms with E-state index in [0.29, 0.717) is 21.9 Å². The Morgan fingerprint density at radius 1 is 1.18 bits per heavy atom. The van der Waals surface area contributed by atoms with E-state index in [1.54, 1.807) is 31.2 Å². The predicted molar refractivity (Wildman–Crippen MR) is 133 cm³/mol. The van der Waals surface area contributed by atoms with E-state index >= 15 is 0 Å². The minimum absolute atomic E-state index is 0.00484. The summed E-state index contributed by atoms with van der Waals surface area (Å²) in [6, 6.07) is 9.84. The monoisotopic (exact) mass is 577 g/mol. The average molecular weight is 578 g/mol. The molecule has 0 amide bonds. The van der Waals surface area contributed by atoms with Crippen LogP contribution in [0.1, 0.15) is 59.2 Å². The summed E-state index contributed by atoms with van der Waals surface area (Å²) >= 11 is 6.33. The SMILES string of the molecule is CCOC(=O)Cc1nc(C[C@H]2O[C@H](c3cccc(OC)c3C)c3cc(Cl)ccc3-n3c2nnc3C(F)(F)F)no1. The highest BCUT2D eigenvalue weighted by Gasteiger charge is 2.43. The molecule has 14 heteroatoms. The van der Waals surface area contributed by atoms with Gasteiger partial charge in [-0.15, -0.1) is 10.2 Å². The van der Waals surface area contributed by atoms with E-state index in [-0.39, 0.29) is 42.7 Å². The van der Waals surface area contributed by atoms with Gasteiger partial charge in [0.15, 0.2) is 11.6 Å². The summed E-state index contributed by atoms with van der Waals surface area (Å²) in [7, 11) is 1.52. The van der Waals surface area contributed by atoms with Gasteiger partial charge in [0.2, 0.25) is 11.7 Å². The largest absolute Gasteiger partial charge is 0.496 e. The summed E-state index contributed by atoms with van der Waals surface area (Å²) < 4.78 is 65.4. The number of nitrogens with zero attached hydrogens (tertiary/aromatic N) is 5. The molecule has 210 valence electrons. The van der Waals surface area contributed by atoms with Gasteiger partial charge in [0.1, 0.15) is 24.4 Å². The molecule has 0 aliphatic carbocycles. The van der Waals surface area contributed by atoms with Crippen LogP contribution in [0.5, 0.6) is 5.75 Å². The first-order valence-corrected chi connectivity index (χ1v) is 12.6. The Morgan fingerprint density at radius 3 is 2.70 bits per heavy atom. The molecular formula is C26H23ClF3N5O5. The number of halogens is 4. The number of esters is 1. The summed E-state index contributed by atoms with van der Waals surface area (Å²) in [6.07, 6.45) is -7.21. The van der Waals surface area contributed by atoms with Gasteiger partial charge in [-0.1, -0.05) is 28.9 Å². The van der Waals surface area contributed by atoms with Gasteiger partial charge in [0.05, 0.1) is 19.4 Å². The number of alkyl halides is 3. The van der Waals surface area contributed by atoms with Gasteiger partial charge < -0.3 is 18.7 Å². The van der Waals surface area contributed by atoms with Gasteiger partial charge in [-0.3, -0.25) is 9.36 Å². The molecule has 2 aromatic heterocycles. The summed E-state index contributed by atoms with van der Waals surface area (Å²) in [6.45, 7) is 3.67. The number of hydrogen-bond donors (Lipinski definition) is 0. The molecule has 5 rings (SSSR count). The Hall–Kier alpha value is -3.97. The van der Waals surface area contributed by atoms with Gasteiger partial charge in [0, 0.05) is 17.0 Å². The van der Waals surface area contributed by atoms with Crippen molar-refractivity contribution in [1.29, 1.82) is 0 Å². The van der Waals surface area contributed by atoms with E-state index in [0.717, 1.165) is 10.1 Å². The molecule has 0 bridgehead atoms. The lowest BCUT2D eigenvalue weighted by Gasteiger charge is -2.24. The molecule has 3 heterocycles. The van der Waals surface area contributed by atoms with Crippen LogP contribution in [0.2, 0.25) is 5.02 Å². The zero-order valence-corrected chi connectivity index (χ0v) is 22.3. The molecule has 0 saturated carbocycles. The molecule has 1 aliphatic heterocycles. The van der Waals surface area contributed by atoms with E-state index in [1.165, 1.54) is 19.2 Å². The maximum atomic E-state index is 14.1. The van der Waals surface area contributed by atoms with Crippen LogP contribution in [0.25, 0.3) is 5.69 Å². The first kappa shape index (κ1) is 27.6. The number of ether oxygens (including phenoxy) is 3. The zero-order chi connectivity index (χ0) is 28.6. The minimum atomic E-state index is -4.82. The molecule has 0 radical (unpaired) electrons. The third-order valence-corrected chi connectivity index (χ3v) is 6.59. The predicted octanol–water partition coefficient (Wildman–Crippen LogP) is 5.15. The number of aromatic nitrogens is 5. The lowest BCUT2D eigenvalue weighted by molar-refractivity contribution is -0.146. The molecule has 0 fully saturated rings. The van der Waals surface area contributed by atoms with Crippen molar-refractivity contribution in [3.05, 3.63) is 81.5 Å². The molecule has 0 unspecified atom stereocenters. The zero-order valence-electron chi connectivity index (χ0n) is 21.5. The van der Waals surface area contributed by atoms with Crippen molar-refractivity contribution in [3.8, 4) is 11.4 Å². The second-order valence-corrected chi connectivity index (χ2v) is 9.32. The lowest BCUT2D eigenvalue weighted by Crippen LogP contribution is -2.17. The van der Waals surface area contributed by atoms with E-state index in [2.05, 4.69) is 20.3 Å². The van der Waals surface area contributed by atoms with Crippen molar-refractivity contribution in [1.82, 2.24) is 24.9 Å².